The number of nitrogens with zero attached hydrogens (tertiary/aromatic N) is 3. The van der Waals surface area contributed by atoms with Crippen LogP contribution in [0.3, 0.4) is 0 Å². The molecule has 1 aromatic heterocycles. The van der Waals surface area contributed by atoms with E-state index in [4.69, 9.17) is 0 Å². The van der Waals surface area contributed by atoms with Crippen LogP contribution in [0.5, 0.6) is 28.7 Å². The van der Waals surface area contributed by atoms with Gasteiger partial charge < -0.3 is 25.5 Å². The maximum atomic E-state index is 10.4. The van der Waals surface area contributed by atoms with Gasteiger partial charge in [0.1, 0.15) is 0 Å². The molecule has 1 heterocycles. The summed E-state index contributed by atoms with van der Waals surface area (Å²) in [5.74, 6) is -4.43. The minimum atomic E-state index is -1.01. The van der Waals surface area contributed by atoms with Crippen LogP contribution in [0.4, 0.5) is 0 Å². The number of aromatic nitrogens is 1. The van der Waals surface area contributed by atoms with Crippen molar-refractivity contribution in [2.24, 2.45) is 9.98 Å². The van der Waals surface area contributed by atoms with Gasteiger partial charge in [0.25, 0.3) is 0 Å². The summed E-state index contributed by atoms with van der Waals surface area (Å²) in [6, 6.07) is 26.1. The summed E-state index contributed by atoms with van der Waals surface area (Å²) in [5.41, 5.74) is 5.09. The Hall–Kier alpha value is -6.15. The Morgan fingerprint density at radius 2 is 1.43 bits per heavy atom. The lowest BCUT2D eigenvalue weighted by molar-refractivity contribution is 0.324. The molecule has 0 radical (unpaired) electrons. The molecule has 0 atom stereocenters. The Morgan fingerprint density at radius 1 is 0.717 bits per heavy atom. The number of rotatable bonds is 11. The van der Waals surface area contributed by atoms with Gasteiger partial charge in [0, 0.05) is 12.4 Å². The highest BCUT2D eigenvalue weighted by Gasteiger charge is 2.22. The zero-order chi connectivity index (χ0) is 32.5. The predicted octanol–water partition coefficient (Wildman–Crippen LogP) is 7.71. The van der Waals surface area contributed by atoms with Gasteiger partial charge >= 0.3 is 0 Å². The van der Waals surface area contributed by atoms with Crippen LogP contribution in [0, 0.1) is 0 Å². The van der Waals surface area contributed by atoms with Gasteiger partial charge in [-0.2, -0.15) is 0 Å². The Morgan fingerprint density at radius 3 is 2.15 bits per heavy atom. The van der Waals surface area contributed by atoms with E-state index in [1.54, 1.807) is 12.4 Å². The summed E-state index contributed by atoms with van der Waals surface area (Å²) < 4.78 is 0. The maximum Gasteiger partial charge on any atom is 0.208 e. The summed E-state index contributed by atoms with van der Waals surface area (Å²) in [5, 5.41) is 52.9. The third kappa shape index (κ3) is 6.97. The minimum absolute atomic E-state index is 0.231. The van der Waals surface area contributed by atoms with Crippen molar-refractivity contribution in [1.82, 2.24) is 4.98 Å². The van der Waals surface area contributed by atoms with Crippen molar-refractivity contribution in [3.05, 3.63) is 138 Å². The van der Waals surface area contributed by atoms with Gasteiger partial charge in [-0.3, -0.25) is 15.0 Å². The second kappa shape index (κ2) is 14.5. The van der Waals surface area contributed by atoms with E-state index in [1.807, 2.05) is 85.0 Å². The maximum absolute atomic E-state index is 10.4. The molecule has 0 amide bonds. The zero-order valence-corrected chi connectivity index (χ0v) is 25.0. The van der Waals surface area contributed by atoms with E-state index in [-0.39, 0.29) is 12.1 Å². The van der Waals surface area contributed by atoms with Crippen LogP contribution >= 0.6 is 0 Å². The summed E-state index contributed by atoms with van der Waals surface area (Å²) in [4.78, 5) is 12.7. The fourth-order valence-electron chi connectivity index (χ4n) is 5.03. The highest BCUT2D eigenvalue weighted by molar-refractivity contribution is 6.09. The van der Waals surface area contributed by atoms with Gasteiger partial charge in [0.2, 0.25) is 17.2 Å². The highest BCUT2D eigenvalue weighted by atomic mass is 16.4. The number of hydrogen-bond donors (Lipinski definition) is 5. The summed E-state index contributed by atoms with van der Waals surface area (Å²) in [6.07, 6.45) is 13.7. The van der Waals surface area contributed by atoms with Crippen LogP contribution < -0.4 is 0 Å². The van der Waals surface area contributed by atoms with E-state index in [0.29, 0.717) is 18.7 Å². The lowest BCUT2D eigenvalue weighted by Gasteiger charge is -2.12. The molecule has 8 nitrogen and oxygen atoms in total. The lowest BCUT2D eigenvalue weighted by atomic mass is 9.96. The minimum Gasteiger partial charge on any atom is -0.504 e. The van der Waals surface area contributed by atoms with Crippen LogP contribution in [-0.4, -0.2) is 49.5 Å². The molecule has 5 rings (SSSR count). The average Bonchev–Trinajstić information content (AvgIpc) is 3.10. The van der Waals surface area contributed by atoms with E-state index >= 15 is 0 Å². The van der Waals surface area contributed by atoms with Crippen LogP contribution in [0.2, 0.25) is 0 Å². The van der Waals surface area contributed by atoms with Crippen LogP contribution in [-0.2, 0) is 6.54 Å². The number of benzene rings is 4. The molecule has 0 saturated heterocycles. The fraction of sp³-hybridized carbons (Fsp3) is 0.0789. The van der Waals surface area contributed by atoms with E-state index in [9.17, 15) is 25.5 Å². The van der Waals surface area contributed by atoms with E-state index in [1.165, 1.54) is 0 Å². The fourth-order valence-corrected chi connectivity index (χ4v) is 5.03. The molecule has 0 bridgehead atoms. The molecular weight excluding hydrogens is 578 g/mol. The van der Waals surface area contributed by atoms with Crippen molar-refractivity contribution in [3.8, 4) is 39.9 Å². The van der Waals surface area contributed by atoms with Crippen molar-refractivity contribution in [2.45, 2.75) is 13.0 Å². The second-order valence-corrected chi connectivity index (χ2v) is 10.4. The molecule has 0 unspecified atom stereocenters. The highest BCUT2D eigenvalue weighted by Crippen LogP contribution is 2.50. The van der Waals surface area contributed by atoms with Gasteiger partial charge in [-0.15, -0.1) is 0 Å². The standard InChI is InChI=1S/C38H33N3O5/c1-39-21-7-12-25(29-13-8-22-40-23-29)9-3-5-16-33(41-24-32-34(42)36(44)38(46)37(45)35(32)43)28-19-17-27(18-20-28)31-15-6-11-26-10-2-4-14-30(26)31/h2,4-20,22-23,42-46H,1,3,21,24H2/b12-7-,16-5+,25-9+,41-33?. The molecule has 0 saturated carbocycles. The number of aliphatic imine (C=N–C) groups is 2. The van der Waals surface area contributed by atoms with Gasteiger partial charge in [-0.05, 0) is 63.9 Å². The third-order valence-electron chi connectivity index (χ3n) is 7.43. The summed E-state index contributed by atoms with van der Waals surface area (Å²) in [6.45, 7) is 3.72. The van der Waals surface area contributed by atoms with E-state index in [0.717, 1.165) is 38.6 Å². The number of hydrogen-bond acceptors (Lipinski definition) is 8. The molecule has 4 aromatic carbocycles. The van der Waals surface area contributed by atoms with Crippen molar-refractivity contribution < 1.29 is 25.5 Å². The van der Waals surface area contributed by atoms with Gasteiger partial charge in [0.05, 0.1) is 24.4 Å². The average molecular weight is 612 g/mol. The number of allylic oxidation sites excluding steroid dienone is 5. The molecule has 230 valence electrons. The molecule has 5 N–H and O–H groups in total. The van der Waals surface area contributed by atoms with E-state index < -0.39 is 28.7 Å². The summed E-state index contributed by atoms with van der Waals surface area (Å²) >= 11 is 0. The van der Waals surface area contributed by atoms with Crippen molar-refractivity contribution in [1.29, 1.82) is 0 Å². The first-order valence-corrected chi connectivity index (χ1v) is 14.6. The Balaban J connectivity index is 1.49. The lowest BCUT2D eigenvalue weighted by Crippen LogP contribution is -1.99. The van der Waals surface area contributed by atoms with Crippen LogP contribution in [0.25, 0.3) is 27.5 Å². The quantitative estimate of drug-likeness (QED) is 0.0449. The smallest absolute Gasteiger partial charge is 0.208 e. The molecule has 46 heavy (non-hydrogen) atoms. The molecule has 0 aliphatic carbocycles. The number of phenolic OH excluding ortho intramolecular Hbond substituents is 5. The normalized spacial score (nSPS) is 12.3. The van der Waals surface area contributed by atoms with Gasteiger partial charge in [-0.25, -0.2) is 0 Å². The van der Waals surface area contributed by atoms with Crippen LogP contribution in [0.1, 0.15) is 23.1 Å². The first-order chi connectivity index (χ1) is 22.4. The predicted molar refractivity (Wildman–Crippen MR) is 184 cm³/mol. The monoisotopic (exact) mass is 611 g/mol. The largest absolute Gasteiger partial charge is 0.504 e. The van der Waals surface area contributed by atoms with E-state index in [2.05, 4.69) is 46.0 Å². The number of phenols is 5. The Bertz CT molecular complexity index is 1940. The Kier molecular flexibility index (Phi) is 9.89. The third-order valence-corrected chi connectivity index (χ3v) is 7.43. The van der Waals surface area contributed by atoms with Crippen molar-refractivity contribution in [3.63, 3.8) is 0 Å². The molecule has 5 aromatic rings. The molecule has 8 heteroatoms. The first-order valence-electron chi connectivity index (χ1n) is 14.6. The van der Waals surface area contributed by atoms with Crippen molar-refractivity contribution >= 4 is 28.8 Å². The molecular formula is C38H33N3O5. The second-order valence-electron chi connectivity index (χ2n) is 10.4. The van der Waals surface area contributed by atoms with Crippen molar-refractivity contribution in [2.75, 3.05) is 6.54 Å². The molecule has 0 spiro atoms. The van der Waals surface area contributed by atoms with Crippen LogP contribution in [0.15, 0.2) is 132 Å². The summed E-state index contributed by atoms with van der Waals surface area (Å²) in [7, 11) is 0. The molecule has 0 aliphatic heterocycles. The van der Waals surface area contributed by atoms with Gasteiger partial charge in [0.15, 0.2) is 11.5 Å². The number of fused-ring (bicyclic) bond motifs is 1. The first kappa shape index (κ1) is 31.3. The zero-order valence-electron chi connectivity index (χ0n) is 25.0. The Labute approximate surface area is 266 Å². The number of aromatic hydroxyl groups is 5. The SMILES string of the molecule is C=NC/C=C\C(=C/C/C=C/C(=NCc1c(O)c(O)c(O)c(O)c1O)c1ccc(-c2cccc3ccccc23)cc1)c1cccnc1. The van der Waals surface area contributed by atoms with Gasteiger partial charge in [-0.1, -0.05) is 97.1 Å². The topological polar surface area (TPSA) is 139 Å². The number of pyridine rings is 1. The molecule has 0 aliphatic rings. The molecule has 0 fully saturated rings.